The van der Waals surface area contributed by atoms with Crippen LogP contribution in [0.15, 0.2) is 60.7 Å². The Hall–Kier alpha value is -2.28. The molecule has 0 unspecified atom stereocenters. The predicted octanol–water partition coefficient (Wildman–Crippen LogP) is 6.80. The van der Waals surface area contributed by atoms with Gasteiger partial charge in [-0.3, -0.25) is 0 Å². The summed E-state index contributed by atoms with van der Waals surface area (Å²) in [5.41, 5.74) is 11.6. The van der Waals surface area contributed by atoms with Gasteiger partial charge in [-0.25, -0.2) is 0 Å². The fourth-order valence-corrected chi connectivity index (χ4v) is 4.25. The second-order valence-corrected chi connectivity index (χ2v) is 8.92. The van der Waals surface area contributed by atoms with Gasteiger partial charge in [0.1, 0.15) is 0 Å². The van der Waals surface area contributed by atoms with Crippen LogP contribution in [0.4, 0.5) is 5.69 Å². The highest BCUT2D eigenvalue weighted by molar-refractivity contribution is 6.02. The molecule has 3 aromatic carbocycles. The van der Waals surface area contributed by atoms with Crippen molar-refractivity contribution in [1.82, 2.24) is 0 Å². The molecule has 3 rings (SSSR count). The van der Waals surface area contributed by atoms with Crippen molar-refractivity contribution in [3.05, 3.63) is 66.2 Å². The fraction of sp³-hybridized carbons (Fsp3) is 0.333. The van der Waals surface area contributed by atoms with Gasteiger partial charge in [0.2, 0.25) is 0 Å². The summed E-state index contributed by atoms with van der Waals surface area (Å²) in [5, 5.41) is 2.35. The van der Waals surface area contributed by atoms with Gasteiger partial charge >= 0.3 is 0 Å². The number of anilines is 1. The molecule has 0 saturated carbocycles. The highest BCUT2D eigenvalue weighted by atomic mass is 14.6. The first-order valence-electron chi connectivity index (χ1n) is 9.06. The molecule has 3 aromatic rings. The smallest absolute Gasteiger partial charge is 0.0476 e. The lowest BCUT2D eigenvalue weighted by molar-refractivity contribution is 0.285. The number of nitrogens with two attached hydrogens (primary N) is 1. The largest absolute Gasteiger partial charge is 0.398 e. The van der Waals surface area contributed by atoms with E-state index in [2.05, 4.69) is 95.3 Å². The average Bonchev–Trinajstić information content (AvgIpc) is 2.53. The first-order valence-corrected chi connectivity index (χ1v) is 9.06. The number of hydrogen-bond acceptors (Lipinski definition) is 1. The lowest BCUT2D eigenvalue weighted by Gasteiger charge is -2.35. The van der Waals surface area contributed by atoms with Crippen LogP contribution < -0.4 is 5.73 Å². The Labute approximate surface area is 151 Å². The van der Waals surface area contributed by atoms with Crippen LogP contribution in [0.3, 0.4) is 0 Å². The van der Waals surface area contributed by atoms with Crippen LogP contribution in [0.5, 0.6) is 0 Å². The van der Waals surface area contributed by atoms with Gasteiger partial charge in [0, 0.05) is 16.6 Å². The van der Waals surface area contributed by atoms with Crippen LogP contribution in [0, 0.1) is 5.41 Å². The molecule has 0 radical (unpaired) electrons. The molecule has 0 aromatic heterocycles. The lowest BCUT2D eigenvalue weighted by Crippen LogP contribution is -2.26. The van der Waals surface area contributed by atoms with Gasteiger partial charge in [0.05, 0.1) is 0 Å². The van der Waals surface area contributed by atoms with Crippen LogP contribution in [-0.4, -0.2) is 0 Å². The van der Waals surface area contributed by atoms with Crippen LogP contribution in [0.25, 0.3) is 21.9 Å². The highest BCUT2D eigenvalue weighted by Gasteiger charge is 2.31. The molecule has 2 N–H and O–H groups in total. The Kier molecular flexibility index (Phi) is 4.36. The van der Waals surface area contributed by atoms with Crippen molar-refractivity contribution in [3.63, 3.8) is 0 Å². The number of benzene rings is 3. The second-order valence-electron chi connectivity index (χ2n) is 8.92. The Morgan fingerprint density at radius 3 is 2.04 bits per heavy atom. The molecule has 25 heavy (non-hydrogen) atoms. The number of nitrogen functional groups attached to an aromatic ring is 1. The van der Waals surface area contributed by atoms with Crippen LogP contribution >= 0.6 is 0 Å². The van der Waals surface area contributed by atoms with Crippen LogP contribution in [-0.2, 0) is 5.41 Å². The molecule has 0 atom stereocenters. The van der Waals surface area contributed by atoms with Gasteiger partial charge in [-0.2, -0.15) is 0 Å². The molecule has 0 amide bonds. The standard InChI is InChI=1S/C24H29N/c1-23(2,3)16-24(4,5)20-15-18-13-9-10-14-19(18)22(25)21(20)17-11-7-6-8-12-17/h6-15H,16,25H2,1-5H3. The van der Waals surface area contributed by atoms with E-state index in [0.717, 1.165) is 17.5 Å². The number of hydrogen-bond donors (Lipinski definition) is 1. The van der Waals surface area contributed by atoms with Gasteiger partial charge in [-0.05, 0) is 39.8 Å². The minimum Gasteiger partial charge on any atom is -0.398 e. The van der Waals surface area contributed by atoms with Crippen molar-refractivity contribution in [3.8, 4) is 11.1 Å². The van der Waals surface area contributed by atoms with Crippen LogP contribution in [0.1, 0.15) is 46.6 Å². The van der Waals surface area contributed by atoms with Crippen molar-refractivity contribution < 1.29 is 0 Å². The summed E-state index contributed by atoms with van der Waals surface area (Å²) in [6.45, 7) is 11.6. The van der Waals surface area contributed by atoms with Gasteiger partial charge in [0.15, 0.2) is 0 Å². The zero-order chi connectivity index (χ0) is 18.2. The Morgan fingerprint density at radius 1 is 0.800 bits per heavy atom. The molecule has 0 saturated heterocycles. The normalized spacial score (nSPS) is 12.5. The average molecular weight is 332 g/mol. The third-order valence-electron chi connectivity index (χ3n) is 4.85. The monoisotopic (exact) mass is 331 g/mol. The topological polar surface area (TPSA) is 26.0 Å². The Morgan fingerprint density at radius 2 is 1.40 bits per heavy atom. The molecular weight excluding hydrogens is 302 g/mol. The lowest BCUT2D eigenvalue weighted by atomic mass is 9.69. The van der Waals surface area contributed by atoms with Crippen LogP contribution in [0.2, 0.25) is 0 Å². The Balaban J connectivity index is 2.33. The van der Waals surface area contributed by atoms with E-state index < -0.39 is 0 Å². The van der Waals surface area contributed by atoms with Crippen molar-refractivity contribution in [1.29, 1.82) is 0 Å². The molecule has 0 fully saturated rings. The molecule has 0 bridgehead atoms. The fourth-order valence-electron chi connectivity index (χ4n) is 4.25. The van der Waals surface area contributed by atoms with Gasteiger partial charge in [-0.15, -0.1) is 0 Å². The maximum absolute atomic E-state index is 6.71. The van der Waals surface area contributed by atoms with E-state index in [1.807, 2.05) is 0 Å². The van der Waals surface area contributed by atoms with Gasteiger partial charge in [-0.1, -0.05) is 89.2 Å². The molecule has 1 nitrogen and oxygen atoms in total. The third-order valence-corrected chi connectivity index (χ3v) is 4.85. The maximum atomic E-state index is 6.71. The number of rotatable bonds is 3. The first-order chi connectivity index (χ1) is 11.7. The van der Waals surface area contributed by atoms with E-state index in [9.17, 15) is 0 Å². The predicted molar refractivity (Wildman–Crippen MR) is 111 cm³/mol. The summed E-state index contributed by atoms with van der Waals surface area (Å²) in [4.78, 5) is 0. The summed E-state index contributed by atoms with van der Waals surface area (Å²) in [6.07, 6.45) is 1.09. The van der Waals surface area contributed by atoms with Crippen molar-refractivity contribution in [2.24, 2.45) is 5.41 Å². The molecule has 0 aliphatic rings. The van der Waals surface area contributed by atoms with Crippen molar-refractivity contribution in [2.75, 3.05) is 5.73 Å². The van der Waals surface area contributed by atoms with E-state index in [1.54, 1.807) is 0 Å². The van der Waals surface area contributed by atoms with E-state index in [0.29, 0.717) is 0 Å². The van der Waals surface area contributed by atoms with E-state index in [-0.39, 0.29) is 10.8 Å². The zero-order valence-corrected chi connectivity index (χ0v) is 16.1. The van der Waals surface area contributed by atoms with Crippen molar-refractivity contribution in [2.45, 2.75) is 46.5 Å². The number of fused-ring (bicyclic) bond motifs is 1. The molecule has 0 aliphatic heterocycles. The summed E-state index contributed by atoms with van der Waals surface area (Å²) in [7, 11) is 0. The minimum absolute atomic E-state index is 0.0293. The van der Waals surface area contributed by atoms with Gasteiger partial charge in [0.25, 0.3) is 0 Å². The summed E-state index contributed by atoms with van der Waals surface area (Å²) in [5.74, 6) is 0. The molecule has 0 aliphatic carbocycles. The molecule has 0 heterocycles. The summed E-state index contributed by atoms with van der Waals surface area (Å²) >= 11 is 0. The highest BCUT2D eigenvalue weighted by Crippen LogP contribution is 2.45. The van der Waals surface area contributed by atoms with Gasteiger partial charge < -0.3 is 5.73 Å². The maximum Gasteiger partial charge on any atom is 0.0476 e. The third kappa shape index (κ3) is 3.56. The molecule has 130 valence electrons. The van der Waals surface area contributed by atoms with E-state index >= 15 is 0 Å². The first kappa shape index (κ1) is 17.5. The van der Waals surface area contributed by atoms with Crippen molar-refractivity contribution >= 4 is 16.5 Å². The zero-order valence-electron chi connectivity index (χ0n) is 16.1. The Bertz CT molecular complexity index is 883. The molecular formula is C24H29N. The second kappa shape index (κ2) is 6.22. The molecule has 1 heteroatoms. The van der Waals surface area contributed by atoms with E-state index in [4.69, 9.17) is 5.73 Å². The molecule has 0 spiro atoms. The summed E-state index contributed by atoms with van der Waals surface area (Å²) in [6, 6.07) is 21.3. The SMILES string of the molecule is CC(C)(C)CC(C)(C)c1cc2ccccc2c(N)c1-c1ccccc1. The summed E-state index contributed by atoms with van der Waals surface area (Å²) < 4.78 is 0. The minimum atomic E-state index is 0.0293. The van der Waals surface area contributed by atoms with E-state index in [1.165, 1.54) is 22.1 Å². The quantitative estimate of drug-likeness (QED) is 0.524.